The van der Waals surface area contributed by atoms with Crippen molar-refractivity contribution < 1.29 is 33.5 Å². The van der Waals surface area contributed by atoms with Crippen molar-refractivity contribution in [3.05, 3.63) is 29.8 Å². The van der Waals surface area contributed by atoms with Gasteiger partial charge in [0.1, 0.15) is 0 Å². The fraction of sp³-hybridized carbons (Fsp3) is 0.750. The first kappa shape index (κ1) is 23.1. The number of aliphatic hydroxyl groups is 1. The maximum atomic E-state index is 13.0. The summed E-state index contributed by atoms with van der Waals surface area (Å²) >= 11 is 0. The van der Waals surface area contributed by atoms with E-state index in [2.05, 4.69) is 17.2 Å². The minimum absolute atomic E-state index is 0.0153. The molecule has 182 valence electrons. The summed E-state index contributed by atoms with van der Waals surface area (Å²) in [5.41, 5.74) is -0.0553. The SMILES string of the molecule is C[C@@H]1CC[C@H]2[C@@H](C)[C@@](O)(CCC(=O)NCc3ccc(F)nc3)O[C@@H]3O[C@]4(C)CC[C@@H]1[C@]32OO4. The molecule has 1 aromatic heterocycles. The molecule has 2 bridgehead atoms. The molecule has 1 spiro atoms. The number of hydrogen-bond acceptors (Lipinski definition) is 7. The van der Waals surface area contributed by atoms with E-state index < -0.39 is 29.4 Å². The molecular formula is C24H33FN2O6. The van der Waals surface area contributed by atoms with Crippen LogP contribution in [0.25, 0.3) is 0 Å². The number of pyridine rings is 1. The van der Waals surface area contributed by atoms with E-state index in [0.717, 1.165) is 19.3 Å². The Hall–Kier alpha value is -1.65. The Morgan fingerprint density at radius 1 is 1.21 bits per heavy atom. The van der Waals surface area contributed by atoms with Crippen molar-refractivity contribution in [2.75, 3.05) is 0 Å². The number of fused-ring (bicyclic) bond motifs is 2. The van der Waals surface area contributed by atoms with Crippen LogP contribution in [-0.2, 0) is 30.6 Å². The summed E-state index contributed by atoms with van der Waals surface area (Å²) < 4.78 is 25.5. The molecule has 8 nitrogen and oxygen atoms in total. The number of ether oxygens (including phenoxy) is 2. The quantitative estimate of drug-likeness (QED) is 0.510. The van der Waals surface area contributed by atoms with E-state index in [9.17, 15) is 14.3 Å². The molecule has 0 aromatic carbocycles. The molecule has 5 aliphatic rings. The third kappa shape index (κ3) is 3.87. The van der Waals surface area contributed by atoms with Gasteiger partial charge in [-0.2, -0.15) is 4.39 Å². The second kappa shape index (κ2) is 8.23. The predicted molar refractivity (Wildman–Crippen MR) is 113 cm³/mol. The number of aromatic nitrogens is 1. The van der Waals surface area contributed by atoms with Gasteiger partial charge in [0.15, 0.2) is 17.7 Å². The van der Waals surface area contributed by atoms with E-state index in [1.54, 1.807) is 6.07 Å². The minimum atomic E-state index is -1.52. The summed E-state index contributed by atoms with van der Waals surface area (Å²) in [7, 11) is 0. The molecule has 6 rings (SSSR count). The number of nitrogens with one attached hydrogen (secondary N) is 1. The maximum Gasteiger partial charge on any atom is 0.220 e. The zero-order valence-electron chi connectivity index (χ0n) is 19.4. The van der Waals surface area contributed by atoms with E-state index in [-0.39, 0.29) is 43.0 Å². The van der Waals surface area contributed by atoms with Gasteiger partial charge >= 0.3 is 0 Å². The van der Waals surface area contributed by atoms with Crippen LogP contribution in [0.4, 0.5) is 4.39 Å². The smallest absolute Gasteiger partial charge is 0.220 e. The van der Waals surface area contributed by atoms with Gasteiger partial charge in [-0.25, -0.2) is 14.8 Å². The van der Waals surface area contributed by atoms with Gasteiger partial charge in [0.05, 0.1) is 0 Å². The van der Waals surface area contributed by atoms with Crippen LogP contribution < -0.4 is 5.32 Å². The van der Waals surface area contributed by atoms with Gasteiger partial charge in [-0.3, -0.25) is 4.79 Å². The molecule has 1 amide bonds. The molecule has 4 saturated heterocycles. The van der Waals surface area contributed by atoms with Crippen molar-refractivity contribution in [1.82, 2.24) is 10.3 Å². The number of hydrogen-bond donors (Lipinski definition) is 2. The lowest BCUT2D eigenvalue weighted by molar-refractivity contribution is -0.585. The molecule has 8 atom stereocenters. The van der Waals surface area contributed by atoms with Gasteiger partial charge in [0.25, 0.3) is 0 Å². The van der Waals surface area contributed by atoms with Crippen LogP contribution in [0, 0.1) is 29.6 Å². The van der Waals surface area contributed by atoms with Crippen molar-refractivity contribution in [1.29, 1.82) is 0 Å². The van der Waals surface area contributed by atoms with Crippen LogP contribution in [0.5, 0.6) is 0 Å². The zero-order valence-corrected chi connectivity index (χ0v) is 19.4. The highest BCUT2D eigenvalue weighted by atomic mass is 19.1. The lowest BCUT2D eigenvalue weighted by Gasteiger charge is -2.62. The van der Waals surface area contributed by atoms with Crippen LogP contribution in [0.2, 0.25) is 0 Å². The Bertz CT molecular complexity index is 901. The molecule has 1 saturated carbocycles. The molecule has 2 N–H and O–H groups in total. The van der Waals surface area contributed by atoms with Gasteiger partial charge < -0.3 is 19.9 Å². The van der Waals surface area contributed by atoms with Gasteiger partial charge in [-0.1, -0.05) is 19.9 Å². The molecule has 4 aliphatic heterocycles. The van der Waals surface area contributed by atoms with Crippen molar-refractivity contribution in [2.24, 2.45) is 23.7 Å². The number of nitrogens with zero attached hydrogens (tertiary/aromatic N) is 1. The summed E-state index contributed by atoms with van der Waals surface area (Å²) in [6, 6.07) is 2.83. The molecule has 1 aliphatic carbocycles. The molecule has 9 heteroatoms. The summed E-state index contributed by atoms with van der Waals surface area (Å²) in [4.78, 5) is 28.0. The van der Waals surface area contributed by atoms with Crippen LogP contribution in [0.3, 0.4) is 0 Å². The van der Waals surface area contributed by atoms with E-state index in [4.69, 9.17) is 19.2 Å². The Labute approximate surface area is 193 Å². The summed E-state index contributed by atoms with van der Waals surface area (Å²) in [5, 5.41) is 14.4. The largest absolute Gasteiger partial charge is 0.365 e. The van der Waals surface area contributed by atoms with Crippen molar-refractivity contribution in [3.63, 3.8) is 0 Å². The van der Waals surface area contributed by atoms with Crippen molar-refractivity contribution in [3.8, 4) is 0 Å². The van der Waals surface area contributed by atoms with Gasteiger partial charge in [-0.15, -0.1) is 0 Å². The Morgan fingerprint density at radius 3 is 2.79 bits per heavy atom. The average molecular weight is 465 g/mol. The fourth-order valence-corrected chi connectivity index (χ4v) is 6.37. The fourth-order valence-electron chi connectivity index (χ4n) is 6.37. The highest BCUT2D eigenvalue weighted by Gasteiger charge is 2.71. The Kier molecular flexibility index (Phi) is 5.77. The second-order valence-electron chi connectivity index (χ2n) is 10.4. The van der Waals surface area contributed by atoms with Crippen LogP contribution in [-0.4, -0.2) is 39.5 Å². The Morgan fingerprint density at radius 2 is 2.03 bits per heavy atom. The summed E-state index contributed by atoms with van der Waals surface area (Å²) in [5.74, 6) is -2.87. The van der Waals surface area contributed by atoms with E-state index in [1.807, 2.05) is 13.8 Å². The third-order valence-electron chi connectivity index (χ3n) is 8.39. The summed E-state index contributed by atoms with van der Waals surface area (Å²) in [6.45, 7) is 6.28. The first-order valence-electron chi connectivity index (χ1n) is 12.0. The molecule has 0 unspecified atom stereocenters. The molecule has 0 radical (unpaired) electrons. The van der Waals surface area contributed by atoms with Crippen molar-refractivity contribution >= 4 is 5.91 Å². The number of rotatable bonds is 5. The lowest BCUT2D eigenvalue weighted by Crippen LogP contribution is -2.73. The first-order chi connectivity index (χ1) is 15.7. The molecular weight excluding hydrogens is 431 g/mol. The standard InChI is InChI=1S/C24H33FN2O6/c1-14-4-6-18-15(2)23(29,11-9-20(28)27-13-16-5-7-19(25)26-12-16)31-21-24(18)17(14)8-10-22(3,30-21)32-33-24/h5,7,12,14-15,17-18,21,29H,4,6,8-11,13H2,1-3H3,(H,27,28)/t14-,15-,17+,18+,21+,22+,23-,24-/m1/s1. The predicted octanol–water partition coefficient (Wildman–Crippen LogP) is 3.19. The van der Waals surface area contributed by atoms with Crippen molar-refractivity contribution in [2.45, 2.75) is 89.3 Å². The average Bonchev–Trinajstić information content (AvgIpc) is 3.02. The number of amides is 1. The highest BCUT2D eigenvalue weighted by molar-refractivity contribution is 5.75. The molecule has 5 heterocycles. The number of halogens is 1. The van der Waals surface area contributed by atoms with Crippen LogP contribution in [0.1, 0.15) is 64.9 Å². The monoisotopic (exact) mass is 464 g/mol. The third-order valence-corrected chi connectivity index (χ3v) is 8.39. The van der Waals surface area contributed by atoms with E-state index >= 15 is 0 Å². The van der Waals surface area contributed by atoms with E-state index in [0.29, 0.717) is 17.9 Å². The first-order valence-corrected chi connectivity index (χ1v) is 12.0. The molecule has 33 heavy (non-hydrogen) atoms. The highest BCUT2D eigenvalue weighted by Crippen LogP contribution is 2.62. The molecule has 5 fully saturated rings. The van der Waals surface area contributed by atoms with Crippen LogP contribution >= 0.6 is 0 Å². The van der Waals surface area contributed by atoms with Crippen LogP contribution in [0.15, 0.2) is 18.3 Å². The number of carbonyl (C=O) groups excluding carboxylic acids is 1. The van der Waals surface area contributed by atoms with E-state index in [1.165, 1.54) is 12.3 Å². The number of carbonyl (C=O) groups is 1. The zero-order chi connectivity index (χ0) is 23.4. The van der Waals surface area contributed by atoms with Gasteiger partial charge in [0.2, 0.25) is 17.6 Å². The normalized spacial score (nSPS) is 44.1. The van der Waals surface area contributed by atoms with Gasteiger partial charge in [-0.05, 0) is 49.7 Å². The molecule has 1 aromatic rings. The Balaban J connectivity index is 1.29. The second-order valence-corrected chi connectivity index (χ2v) is 10.4. The minimum Gasteiger partial charge on any atom is -0.365 e. The maximum absolute atomic E-state index is 13.0. The summed E-state index contributed by atoms with van der Waals surface area (Å²) in [6.07, 6.45) is 4.36. The lowest BCUT2D eigenvalue weighted by atomic mass is 9.56. The topological polar surface area (TPSA) is 99.1 Å². The van der Waals surface area contributed by atoms with Gasteiger partial charge in [0, 0.05) is 43.8 Å².